The summed E-state index contributed by atoms with van der Waals surface area (Å²) in [6, 6.07) is 14.5. The summed E-state index contributed by atoms with van der Waals surface area (Å²) < 4.78 is 1.96. The van der Waals surface area contributed by atoms with E-state index in [0.29, 0.717) is 11.5 Å². The van der Waals surface area contributed by atoms with Crippen LogP contribution in [0, 0.1) is 13.8 Å². The Balaban J connectivity index is 1.42. The zero-order chi connectivity index (χ0) is 20.7. The minimum absolute atomic E-state index is 0.0752. The van der Waals surface area contributed by atoms with Gasteiger partial charge in [-0.15, -0.1) is 0 Å². The maximum absolute atomic E-state index is 13.2. The average molecular weight is 401 g/mol. The summed E-state index contributed by atoms with van der Waals surface area (Å²) in [5, 5.41) is 7.75. The van der Waals surface area contributed by atoms with Crippen LogP contribution in [0.4, 0.5) is 11.4 Å². The molecule has 0 atom stereocenters. The lowest BCUT2D eigenvalue weighted by atomic mass is 10.1. The summed E-state index contributed by atoms with van der Waals surface area (Å²) in [6.45, 7) is 6.38. The number of hydrogen-bond acceptors (Lipinski definition) is 3. The second kappa shape index (κ2) is 7.63. The van der Waals surface area contributed by atoms with Gasteiger partial charge in [0.2, 0.25) is 0 Å². The maximum atomic E-state index is 13.2. The fourth-order valence-electron chi connectivity index (χ4n) is 4.43. The van der Waals surface area contributed by atoms with Crippen molar-refractivity contribution in [3.8, 4) is 5.69 Å². The molecule has 1 aliphatic carbocycles. The quantitative estimate of drug-likeness (QED) is 0.639. The molecule has 1 saturated carbocycles. The standard InChI is InChI=1S/C25H28N4O/c1-17-7-3-4-8-23(17)29-24(19-9-10-19)21(16-26-29)25(30)27-22-12-11-20(15-18(22)2)28-13-5-6-14-28/h3-4,7-8,11-12,15-16,19H,5-6,9-10,13-14H2,1-2H3,(H,27,30). The van der Waals surface area contributed by atoms with Crippen LogP contribution in [-0.4, -0.2) is 28.8 Å². The summed E-state index contributed by atoms with van der Waals surface area (Å²) >= 11 is 0. The van der Waals surface area contributed by atoms with Crippen LogP contribution >= 0.6 is 0 Å². The molecule has 1 aromatic heterocycles. The molecule has 1 saturated heterocycles. The molecule has 154 valence electrons. The highest BCUT2D eigenvalue weighted by Crippen LogP contribution is 2.43. The highest BCUT2D eigenvalue weighted by molar-refractivity contribution is 6.05. The first-order valence-electron chi connectivity index (χ1n) is 10.9. The van der Waals surface area contributed by atoms with E-state index in [1.807, 2.05) is 22.9 Å². The number of rotatable bonds is 5. The second-order valence-corrected chi connectivity index (χ2v) is 8.56. The van der Waals surface area contributed by atoms with Crippen LogP contribution in [0.1, 0.15) is 58.8 Å². The van der Waals surface area contributed by atoms with Crippen molar-refractivity contribution in [2.24, 2.45) is 0 Å². The zero-order valence-corrected chi connectivity index (χ0v) is 17.7. The molecule has 0 bridgehead atoms. The van der Waals surface area contributed by atoms with Gasteiger partial charge in [0.1, 0.15) is 0 Å². The molecule has 3 aromatic rings. The first-order chi connectivity index (χ1) is 14.6. The molecular formula is C25H28N4O. The molecule has 30 heavy (non-hydrogen) atoms. The van der Waals surface area contributed by atoms with E-state index in [-0.39, 0.29) is 5.91 Å². The average Bonchev–Trinajstić information content (AvgIpc) is 3.25. The Morgan fingerprint density at radius 2 is 1.80 bits per heavy atom. The van der Waals surface area contributed by atoms with Crippen LogP contribution in [0.3, 0.4) is 0 Å². The molecule has 1 N–H and O–H groups in total. The van der Waals surface area contributed by atoms with E-state index in [4.69, 9.17) is 0 Å². The summed E-state index contributed by atoms with van der Waals surface area (Å²) in [4.78, 5) is 15.6. The number of anilines is 2. The smallest absolute Gasteiger partial charge is 0.259 e. The van der Waals surface area contributed by atoms with Crippen molar-refractivity contribution in [3.05, 3.63) is 71.0 Å². The maximum Gasteiger partial charge on any atom is 0.259 e. The number of aromatic nitrogens is 2. The molecule has 5 rings (SSSR count). The van der Waals surface area contributed by atoms with Gasteiger partial charge in [0.05, 0.1) is 23.1 Å². The molecule has 2 aliphatic rings. The van der Waals surface area contributed by atoms with Gasteiger partial charge >= 0.3 is 0 Å². The van der Waals surface area contributed by atoms with Gasteiger partial charge in [-0.05, 0) is 74.9 Å². The summed E-state index contributed by atoms with van der Waals surface area (Å²) in [6.07, 6.45) is 6.46. The van der Waals surface area contributed by atoms with Crippen LogP contribution in [0.15, 0.2) is 48.7 Å². The van der Waals surface area contributed by atoms with Gasteiger partial charge in [-0.3, -0.25) is 4.79 Å². The molecule has 1 amide bonds. The number of carbonyl (C=O) groups is 1. The Kier molecular flexibility index (Phi) is 4.81. The van der Waals surface area contributed by atoms with Crippen molar-refractivity contribution in [2.45, 2.75) is 45.4 Å². The lowest BCUT2D eigenvalue weighted by molar-refractivity contribution is 0.102. The van der Waals surface area contributed by atoms with Crippen molar-refractivity contribution >= 4 is 17.3 Å². The number of hydrogen-bond donors (Lipinski definition) is 1. The number of amides is 1. The third-order valence-electron chi connectivity index (χ3n) is 6.29. The minimum atomic E-state index is -0.0752. The monoisotopic (exact) mass is 400 g/mol. The first-order valence-corrected chi connectivity index (χ1v) is 10.9. The summed E-state index contributed by atoms with van der Waals surface area (Å²) in [5.41, 5.74) is 7.12. The van der Waals surface area contributed by atoms with Gasteiger partial charge < -0.3 is 10.2 Å². The van der Waals surface area contributed by atoms with Gasteiger partial charge in [0, 0.05) is 30.4 Å². The van der Waals surface area contributed by atoms with Crippen LogP contribution in [0.25, 0.3) is 5.69 Å². The fourth-order valence-corrected chi connectivity index (χ4v) is 4.43. The fraction of sp³-hybridized carbons (Fsp3) is 0.360. The van der Waals surface area contributed by atoms with Crippen molar-refractivity contribution in [1.82, 2.24) is 9.78 Å². The Bertz CT molecular complexity index is 1090. The van der Waals surface area contributed by atoms with Crippen molar-refractivity contribution < 1.29 is 4.79 Å². The van der Waals surface area contributed by atoms with E-state index >= 15 is 0 Å². The Morgan fingerprint density at radius 3 is 2.50 bits per heavy atom. The number of aryl methyl sites for hydroxylation is 2. The molecule has 5 heteroatoms. The van der Waals surface area contributed by atoms with Crippen LogP contribution in [-0.2, 0) is 0 Å². The van der Waals surface area contributed by atoms with Crippen LogP contribution in [0.2, 0.25) is 0 Å². The number of nitrogens with zero attached hydrogens (tertiary/aromatic N) is 3. The van der Waals surface area contributed by atoms with Crippen molar-refractivity contribution in [1.29, 1.82) is 0 Å². The predicted octanol–water partition coefficient (Wildman–Crippen LogP) is 5.22. The molecule has 2 aromatic carbocycles. The highest BCUT2D eigenvalue weighted by atomic mass is 16.1. The Labute approximate surface area is 177 Å². The van der Waals surface area contributed by atoms with Gasteiger partial charge in [-0.1, -0.05) is 18.2 Å². The van der Waals surface area contributed by atoms with Gasteiger partial charge in [-0.2, -0.15) is 5.10 Å². The first kappa shape index (κ1) is 18.9. The van der Waals surface area contributed by atoms with Gasteiger partial charge in [0.15, 0.2) is 0 Å². The zero-order valence-electron chi connectivity index (χ0n) is 17.7. The molecule has 5 nitrogen and oxygen atoms in total. The van der Waals surface area contributed by atoms with E-state index in [0.717, 1.165) is 54.1 Å². The normalized spacial score (nSPS) is 16.1. The van der Waals surface area contributed by atoms with Crippen molar-refractivity contribution in [3.63, 3.8) is 0 Å². The van der Waals surface area contributed by atoms with Crippen LogP contribution < -0.4 is 10.2 Å². The van der Waals surface area contributed by atoms with E-state index in [9.17, 15) is 4.79 Å². The molecule has 0 spiro atoms. The largest absolute Gasteiger partial charge is 0.372 e. The SMILES string of the molecule is Cc1cc(N2CCCC2)ccc1NC(=O)c1cnn(-c2ccccc2C)c1C1CC1. The number of benzene rings is 2. The number of nitrogens with one attached hydrogen (secondary N) is 1. The Hall–Kier alpha value is -3.08. The third-order valence-corrected chi connectivity index (χ3v) is 6.29. The molecule has 0 unspecified atom stereocenters. The number of para-hydroxylation sites is 1. The molecule has 2 fully saturated rings. The Morgan fingerprint density at radius 1 is 1.03 bits per heavy atom. The van der Waals surface area contributed by atoms with E-state index in [1.165, 1.54) is 18.5 Å². The number of carbonyl (C=O) groups excluding carboxylic acids is 1. The summed E-state index contributed by atoms with van der Waals surface area (Å²) in [5.74, 6) is 0.334. The lowest BCUT2D eigenvalue weighted by Crippen LogP contribution is -2.18. The summed E-state index contributed by atoms with van der Waals surface area (Å²) in [7, 11) is 0. The molecular weight excluding hydrogens is 372 g/mol. The predicted molar refractivity (Wildman–Crippen MR) is 121 cm³/mol. The third kappa shape index (κ3) is 3.49. The molecule has 0 radical (unpaired) electrons. The minimum Gasteiger partial charge on any atom is -0.372 e. The van der Waals surface area contributed by atoms with Crippen molar-refractivity contribution in [2.75, 3.05) is 23.3 Å². The molecule has 1 aliphatic heterocycles. The lowest BCUT2D eigenvalue weighted by Gasteiger charge is -2.19. The van der Waals surface area contributed by atoms with Crippen LogP contribution in [0.5, 0.6) is 0 Å². The van der Waals surface area contributed by atoms with E-state index in [2.05, 4.69) is 53.4 Å². The topological polar surface area (TPSA) is 50.2 Å². The van der Waals surface area contributed by atoms with Gasteiger partial charge in [0.25, 0.3) is 5.91 Å². The van der Waals surface area contributed by atoms with Gasteiger partial charge in [-0.25, -0.2) is 4.68 Å². The molecule has 2 heterocycles. The van der Waals surface area contributed by atoms with E-state index < -0.39 is 0 Å². The second-order valence-electron chi connectivity index (χ2n) is 8.56. The van der Waals surface area contributed by atoms with E-state index in [1.54, 1.807) is 6.20 Å². The highest BCUT2D eigenvalue weighted by Gasteiger charge is 2.33.